The highest BCUT2D eigenvalue weighted by Gasteiger charge is 2.41. The minimum absolute atomic E-state index is 0.00444. The number of rotatable bonds is 9. The zero-order chi connectivity index (χ0) is 69.7. The van der Waals surface area contributed by atoms with Gasteiger partial charge in [-0.3, -0.25) is 4.57 Å². The fraction of sp³-hybridized carbons (Fsp3) is 0.286. The maximum absolute atomic E-state index is 9.98. The van der Waals surface area contributed by atoms with Crippen molar-refractivity contribution >= 4 is 50.6 Å². The predicted octanol–water partition coefficient (Wildman–Crippen LogP) is 23.0. The van der Waals surface area contributed by atoms with Crippen LogP contribution in [0.25, 0.3) is 72.1 Å². The molecule has 1 aliphatic heterocycles. The molecule has 0 amide bonds. The van der Waals surface area contributed by atoms with Gasteiger partial charge in [-0.2, -0.15) is 0 Å². The minimum atomic E-state index is -0.426. The van der Waals surface area contributed by atoms with Gasteiger partial charge in [0.2, 0.25) is 11.4 Å². The van der Waals surface area contributed by atoms with Gasteiger partial charge < -0.3 is 4.74 Å². The summed E-state index contributed by atoms with van der Waals surface area (Å²) in [4.78, 5) is 5.22. The predicted molar refractivity (Wildman–Crippen MR) is 378 cm³/mol. The molecule has 89 heavy (non-hydrogen) atoms. The van der Waals surface area contributed by atoms with Crippen LogP contribution in [0.3, 0.4) is 0 Å². The summed E-state index contributed by atoms with van der Waals surface area (Å²) >= 11 is 0. The number of benzene rings is 9. The molecule has 13 rings (SSSR count). The Morgan fingerprint density at radius 2 is 1.06 bits per heavy atom. The van der Waals surface area contributed by atoms with Gasteiger partial charge in [-0.1, -0.05) is 238 Å². The minimum Gasteiger partial charge on any atom is -0.457 e. The SMILES string of the molecule is [2H]c1c([2H])c(-c2cc(C(C)(C)C)cc(-c3cc(C(C)(C)C)cc(C(C)(C)C)c3)c2[N+]2=C=[N+](c3cccc(Oc4ccc5c6c([2H])c([2H])c([2H])c([2H])c6n(-c6cc(C(C)(C)C)c(-c7ccc8c(c7)C(C)(C)CCC8(C)C)cn6)c5c4)c3)c3ccccc32)c([2H])c([2H])c1-c1ccccc1. The molecule has 0 saturated heterocycles. The van der Waals surface area contributed by atoms with Crippen LogP contribution in [0.4, 0.5) is 22.7 Å². The molecular formula is C84H86N4O+2. The van der Waals surface area contributed by atoms with E-state index in [4.69, 9.17) is 12.5 Å². The van der Waals surface area contributed by atoms with Crippen molar-refractivity contribution < 1.29 is 15.7 Å². The van der Waals surface area contributed by atoms with Crippen LogP contribution in [0.5, 0.6) is 11.5 Å². The van der Waals surface area contributed by atoms with Crippen molar-refractivity contribution in [3.8, 4) is 61.8 Å². The summed E-state index contributed by atoms with van der Waals surface area (Å²) in [6.07, 6.45) is 4.13. The highest BCUT2D eigenvalue weighted by Crippen LogP contribution is 2.51. The lowest BCUT2D eigenvalue weighted by atomic mass is 9.63. The van der Waals surface area contributed by atoms with Crippen molar-refractivity contribution in [2.45, 2.75) is 156 Å². The standard InChI is InChI=1S/C84H86N4O/c1-79(2,3)59-43-58(44-60(46-59)80(4,5)6)68-48-61(81(7,8)9)47-67(56-35-33-55(34-36-56)54-25-18-17-19-26-54)78(68)87-53-86(74-31-22-23-32-75(74)87)62-27-24-28-63(49-62)89-64-38-39-66-65-29-20-21-30-73(65)88(76(66)50-64)77-51-71(82(10,11)12)69(52-85-77)57-37-40-70-72(45-57)84(15,16)42-41-83(70,13)14/h17-40,43-52H,41-42H2,1-16H3/q+2/i20D,21D,29D,30D,33D,34D,35D,36D. The number of hydrogen-bond donors (Lipinski definition) is 0. The summed E-state index contributed by atoms with van der Waals surface area (Å²) < 4.78 is 88.8. The number of ether oxygens (including phenoxy) is 1. The van der Waals surface area contributed by atoms with Crippen molar-refractivity contribution in [3.63, 3.8) is 0 Å². The number of aromatic nitrogens is 2. The average Bonchev–Trinajstić information content (AvgIpc) is 1.67. The molecule has 0 spiro atoms. The van der Waals surface area contributed by atoms with E-state index in [1.807, 2.05) is 117 Å². The molecule has 1 aliphatic carbocycles. The molecule has 0 fully saturated rings. The molecule has 0 saturated carbocycles. The highest BCUT2D eigenvalue weighted by molar-refractivity contribution is 6.09. The fourth-order valence-electron chi connectivity index (χ4n) is 13.0. The maximum Gasteiger partial charge on any atom is 0.503 e. The quantitative estimate of drug-likeness (QED) is 0.135. The summed E-state index contributed by atoms with van der Waals surface area (Å²) in [6.45, 7) is 35.8. The van der Waals surface area contributed by atoms with Crippen molar-refractivity contribution in [3.05, 3.63) is 240 Å². The van der Waals surface area contributed by atoms with Gasteiger partial charge in [0.15, 0.2) is 0 Å². The van der Waals surface area contributed by atoms with Crippen LogP contribution in [0.2, 0.25) is 0 Å². The van der Waals surface area contributed by atoms with Gasteiger partial charge in [-0.15, -0.1) is 0 Å². The van der Waals surface area contributed by atoms with Crippen molar-refractivity contribution in [1.29, 1.82) is 0 Å². The number of nitrogens with zero attached hydrogens (tertiary/aromatic N) is 4. The zero-order valence-electron chi connectivity index (χ0n) is 62.6. The molecule has 0 unspecified atom stereocenters. The van der Waals surface area contributed by atoms with E-state index in [-0.39, 0.29) is 86.5 Å². The Kier molecular flexibility index (Phi) is 12.0. The van der Waals surface area contributed by atoms with Crippen LogP contribution in [-0.4, -0.2) is 15.6 Å². The molecule has 3 heterocycles. The Labute approximate surface area is 540 Å². The second-order valence-electron chi connectivity index (χ2n) is 30.0. The Bertz CT molecular complexity index is 5130. The third-order valence-corrected chi connectivity index (χ3v) is 18.5. The van der Waals surface area contributed by atoms with E-state index in [2.05, 4.69) is 171 Å². The van der Waals surface area contributed by atoms with Gasteiger partial charge in [-0.05, 0) is 158 Å². The smallest absolute Gasteiger partial charge is 0.457 e. The molecule has 11 aromatic rings. The monoisotopic (exact) mass is 1170 g/mol. The summed E-state index contributed by atoms with van der Waals surface area (Å²) in [5, 5.41) is 1.01. The van der Waals surface area contributed by atoms with Gasteiger partial charge in [0.05, 0.1) is 39.2 Å². The Balaban J connectivity index is 1.00. The third kappa shape index (κ3) is 11.0. The van der Waals surface area contributed by atoms with Gasteiger partial charge in [0.25, 0.3) is 11.4 Å². The molecule has 0 radical (unpaired) electrons. The zero-order valence-corrected chi connectivity index (χ0v) is 54.6. The second-order valence-corrected chi connectivity index (χ2v) is 30.0. The topological polar surface area (TPSA) is 33.1 Å². The lowest BCUT2D eigenvalue weighted by molar-refractivity contribution is 0.332. The second kappa shape index (κ2) is 21.4. The first-order valence-corrected chi connectivity index (χ1v) is 31.4. The van der Waals surface area contributed by atoms with Crippen LogP contribution in [0, 0.1) is 0 Å². The molecule has 0 atom stereocenters. The van der Waals surface area contributed by atoms with Crippen molar-refractivity contribution in [2.24, 2.45) is 0 Å². The third-order valence-electron chi connectivity index (χ3n) is 18.5. The maximum atomic E-state index is 9.98. The number of hydrogen-bond acceptors (Lipinski definition) is 2. The summed E-state index contributed by atoms with van der Waals surface area (Å²) in [5.74, 6) is 1.48. The first-order valence-electron chi connectivity index (χ1n) is 35.4. The first-order chi connectivity index (χ1) is 45.4. The van der Waals surface area contributed by atoms with E-state index in [9.17, 15) is 8.22 Å². The van der Waals surface area contributed by atoms with E-state index in [1.54, 1.807) is 0 Å². The Morgan fingerprint density at radius 1 is 0.461 bits per heavy atom. The average molecular weight is 1180 g/mol. The van der Waals surface area contributed by atoms with Gasteiger partial charge in [-0.25, -0.2) is 4.98 Å². The van der Waals surface area contributed by atoms with E-state index < -0.39 is 5.41 Å². The van der Waals surface area contributed by atoms with Gasteiger partial charge >= 0.3 is 6.01 Å². The molecule has 2 aromatic heterocycles. The van der Waals surface area contributed by atoms with Crippen LogP contribution in [-0.2, 0) is 32.5 Å². The molecule has 0 bridgehead atoms. The molecule has 0 N–H and O–H groups in total. The van der Waals surface area contributed by atoms with E-state index in [1.165, 1.54) is 11.1 Å². The number of para-hydroxylation sites is 3. The van der Waals surface area contributed by atoms with E-state index in [0.717, 1.165) is 68.7 Å². The largest absolute Gasteiger partial charge is 0.503 e. The van der Waals surface area contributed by atoms with Crippen molar-refractivity contribution in [1.82, 2.24) is 18.7 Å². The summed E-state index contributed by atoms with van der Waals surface area (Å²) in [5.41, 5.74) is 15.1. The van der Waals surface area contributed by atoms with Crippen LogP contribution < -0.4 is 13.9 Å². The first kappa shape index (κ1) is 50.0. The Hall–Kier alpha value is -8.89. The van der Waals surface area contributed by atoms with Crippen LogP contribution >= 0.6 is 0 Å². The molecule has 9 aromatic carbocycles. The summed E-state index contributed by atoms with van der Waals surface area (Å²) in [7, 11) is 0. The normalized spacial score (nSPS) is 16.0. The molecule has 5 nitrogen and oxygen atoms in total. The van der Waals surface area contributed by atoms with E-state index >= 15 is 0 Å². The lowest BCUT2D eigenvalue weighted by Crippen LogP contribution is -2.33. The van der Waals surface area contributed by atoms with Crippen molar-refractivity contribution in [2.75, 3.05) is 0 Å². The lowest BCUT2D eigenvalue weighted by Gasteiger charge is -2.42. The molecule has 2 aliphatic rings. The van der Waals surface area contributed by atoms with Gasteiger partial charge in [0, 0.05) is 46.8 Å². The molecule has 5 heteroatoms. The number of fused-ring (bicyclic) bond motifs is 5. The molecular weight excluding hydrogens is 1080 g/mol. The van der Waals surface area contributed by atoms with Crippen LogP contribution in [0.1, 0.15) is 168 Å². The summed E-state index contributed by atoms with van der Waals surface area (Å²) in [6, 6.07) is 53.0. The van der Waals surface area contributed by atoms with Crippen LogP contribution in [0.15, 0.2) is 206 Å². The Morgan fingerprint density at radius 3 is 1.72 bits per heavy atom. The van der Waals surface area contributed by atoms with Gasteiger partial charge in [0.1, 0.15) is 17.3 Å². The highest BCUT2D eigenvalue weighted by atomic mass is 16.5. The fourth-order valence-corrected chi connectivity index (χ4v) is 13.0. The number of pyridine rings is 1. The molecule has 446 valence electrons. The van der Waals surface area contributed by atoms with E-state index in [0.29, 0.717) is 61.6 Å².